The summed E-state index contributed by atoms with van der Waals surface area (Å²) in [5, 5.41) is 2.36. The van der Waals surface area contributed by atoms with Crippen LogP contribution in [0.3, 0.4) is 0 Å². The van der Waals surface area contributed by atoms with E-state index in [2.05, 4.69) is 272 Å². The molecule has 9 aromatic rings. The molecule has 0 aliphatic carbocycles. The number of hydrogen-bond donors (Lipinski definition) is 0. The molecule has 2 aromatic heterocycles. The van der Waals surface area contributed by atoms with Crippen molar-refractivity contribution in [2.45, 2.75) is 85.5 Å². The lowest BCUT2D eigenvalue weighted by Crippen LogP contribution is -2.30. The van der Waals surface area contributed by atoms with Crippen LogP contribution in [-0.4, -0.2) is 16.2 Å². The number of hydrogen-bond acceptors (Lipinski definition) is 4. The summed E-state index contributed by atoms with van der Waals surface area (Å²) in [7, 11) is 0. The predicted molar refractivity (Wildman–Crippen MR) is 290 cm³/mol. The first-order chi connectivity index (χ1) is 33.0. The molecule has 0 saturated carbocycles. The van der Waals surface area contributed by atoms with Crippen molar-refractivity contribution in [1.29, 1.82) is 0 Å². The maximum absolute atomic E-state index is 7.34. The first-order valence-corrected chi connectivity index (χ1v) is 24.4. The van der Waals surface area contributed by atoms with Gasteiger partial charge in [0.05, 0.1) is 17.7 Å². The molecule has 0 saturated heterocycles. The van der Waals surface area contributed by atoms with E-state index in [9.17, 15) is 0 Å². The van der Waals surface area contributed by atoms with Crippen LogP contribution in [0.25, 0.3) is 38.8 Å². The van der Waals surface area contributed by atoms with Gasteiger partial charge in [-0.2, -0.15) is 0 Å². The number of anilines is 2. The fraction of sp³-hybridized carbons (Fsp3) is 0.234. The van der Waals surface area contributed by atoms with Crippen molar-refractivity contribution in [1.82, 2.24) is 9.55 Å². The van der Waals surface area contributed by atoms with Crippen LogP contribution >= 0.6 is 0 Å². The fourth-order valence-corrected chi connectivity index (χ4v) is 10.2. The molecule has 0 atom stereocenters. The van der Waals surface area contributed by atoms with Gasteiger partial charge in [-0.15, -0.1) is 0 Å². The molecule has 1 aliphatic heterocycles. The number of rotatable bonds is 10. The van der Waals surface area contributed by atoms with Crippen LogP contribution in [0.15, 0.2) is 200 Å². The normalized spacial score (nSPS) is 13.6. The van der Waals surface area contributed by atoms with E-state index >= 15 is 0 Å². The van der Waals surface area contributed by atoms with Crippen molar-refractivity contribution in [3.05, 3.63) is 228 Å². The van der Waals surface area contributed by atoms with E-state index in [0.29, 0.717) is 6.67 Å². The molecule has 346 valence electrons. The molecular weight excluding hydrogens is 841 g/mol. The van der Waals surface area contributed by atoms with Crippen molar-refractivity contribution < 1.29 is 4.74 Å². The summed E-state index contributed by atoms with van der Waals surface area (Å²) in [5.41, 5.74) is 13.3. The zero-order chi connectivity index (χ0) is 48.3. The van der Waals surface area contributed by atoms with E-state index < -0.39 is 5.41 Å². The standard InChI is InChI=1S/C64H64N4O/c1-61(2,3)48-29-22-30-50(37-48)66-42-58(62(4,5)6)67(43-66)51-35-45(44-23-14-11-15-24-44)36-52(39-51)69-53-40-55(64(9,10)47-27-18-13-19-28-47)60-54-31-20-21-32-56(54)68(57(60)41-53)59-38-49(33-34-65-59)63(7,8)46-25-16-12-17-26-46/h11-42H,43H2,1-10H3. The molecule has 5 nitrogen and oxygen atoms in total. The Morgan fingerprint density at radius 1 is 0.464 bits per heavy atom. The fourth-order valence-electron chi connectivity index (χ4n) is 10.2. The maximum atomic E-state index is 7.34. The van der Waals surface area contributed by atoms with Gasteiger partial charge in [0.1, 0.15) is 17.3 Å². The number of fused-ring (bicyclic) bond motifs is 3. The molecule has 0 radical (unpaired) electrons. The van der Waals surface area contributed by atoms with Crippen LogP contribution in [0.1, 0.15) is 97.1 Å². The Morgan fingerprint density at radius 2 is 1.09 bits per heavy atom. The van der Waals surface area contributed by atoms with E-state index in [1.165, 1.54) is 50.0 Å². The summed E-state index contributed by atoms with van der Waals surface area (Å²) in [5.74, 6) is 2.39. The zero-order valence-electron chi connectivity index (χ0n) is 41.9. The third kappa shape index (κ3) is 8.60. The molecule has 0 amide bonds. The van der Waals surface area contributed by atoms with E-state index in [4.69, 9.17) is 9.72 Å². The largest absolute Gasteiger partial charge is 0.457 e. The molecule has 5 heteroatoms. The molecule has 0 fully saturated rings. The number of pyridine rings is 1. The Hall–Kier alpha value is -7.37. The Morgan fingerprint density at radius 3 is 1.77 bits per heavy atom. The number of aromatic nitrogens is 2. The Bertz CT molecular complexity index is 3350. The van der Waals surface area contributed by atoms with Gasteiger partial charge >= 0.3 is 0 Å². The molecule has 0 bridgehead atoms. The molecule has 0 spiro atoms. The van der Waals surface area contributed by atoms with E-state index in [1.54, 1.807) is 0 Å². The minimum absolute atomic E-state index is 0.0373. The number of nitrogens with zero attached hydrogens (tertiary/aromatic N) is 4. The molecule has 0 unspecified atom stereocenters. The minimum Gasteiger partial charge on any atom is -0.457 e. The van der Waals surface area contributed by atoms with Gasteiger partial charge in [0.25, 0.3) is 0 Å². The van der Waals surface area contributed by atoms with E-state index in [-0.39, 0.29) is 16.2 Å². The Labute approximate surface area is 409 Å². The van der Waals surface area contributed by atoms with Crippen LogP contribution in [0.2, 0.25) is 0 Å². The lowest BCUT2D eigenvalue weighted by Gasteiger charge is -2.31. The highest BCUT2D eigenvalue weighted by molar-refractivity contribution is 6.12. The molecule has 69 heavy (non-hydrogen) atoms. The molecule has 0 N–H and O–H groups in total. The molecule has 3 heterocycles. The third-order valence-electron chi connectivity index (χ3n) is 14.3. The van der Waals surface area contributed by atoms with Gasteiger partial charge in [-0.1, -0.05) is 191 Å². The van der Waals surface area contributed by atoms with Gasteiger partial charge in [0.2, 0.25) is 0 Å². The number of para-hydroxylation sites is 1. The first-order valence-electron chi connectivity index (χ1n) is 24.4. The lowest BCUT2D eigenvalue weighted by molar-refractivity contribution is 0.479. The summed E-state index contributed by atoms with van der Waals surface area (Å²) in [6, 6.07) is 65.7. The highest BCUT2D eigenvalue weighted by atomic mass is 16.5. The van der Waals surface area contributed by atoms with Gasteiger partial charge in [-0.05, 0) is 92.9 Å². The van der Waals surface area contributed by atoms with Crippen LogP contribution in [-0.2, 0) is 16.2 Å². The second-order valence-corrected chi connectivity index (χ2v) is 21.9. The van der Waals surface area contributed by atoms with Crippen molar-refractivity contribution in [2.75, 3.05) is 16.5 Å². The van der Waals surface area contributed by atoms with Crippen molar-refractivity contribution in [3.8, 4) is 28.4 Å². The summed E-state index contributed by atoms with van der Waals surface area (Å²) in [6.45, 7) is 23.7. The maximum Gasteiger partial charge on any atom is 0.137 e. The monoisotopic (exact) mass is 905 g/mol. The average Bonchev–Trinajstić information content (AvgIpc) is 3.96. The first kappa shape index (κ1) is 45.4. The van der Waals surface area contributed by atoms with Crippen molar-refractivity contribution >= 4 is 33.2 Å². The summed E-state index contributed by atoms with van der Waals surface area (Å²) in [6.07, 6.45) is 4.30. The van der Waals surface area contributed by atoms with Crippen molar-refractivity contribution in [3.63, 3.8) is 0 Å². The minimum atomic E-state index is -0.398. The molecule has 10 rings (SSSR count). The summed E-state index contributed by atoms with van der Waals surface area (Å²) in [4.78, 5) is 9.98. The molecular formula is C64H64N4O. The van der Waals surface area contributed by atoms with Gasteiger partial charge in [0, 0.05) is 68.6 Å². The quantitative estimate of drug-likeness (QED) is 0.137. The highest BCUT2D eigenvalue weighted by Crippen LogP contribution is 2.47. The number of allylic oxidation sites excluding steroid dienone is 1. The second kappa shape index (κ2) is 17.3. The lowest BCUT2D eigenvalue weighted by atomic mass is 9.76. The Balaban J connectivity index is 1.16. The van der Waals surface area contributed by atoms with Crippen LogP contribution in [0.5, 0.6) is 11.5 Å². The molecule has 1 aliphatic rings. The van der Waals surface area contributed by atoms with Crippen molar-refractivity contribution in [2.24, 2.45) is 5.41 Å². The Kier molecular flexibility index (Phi) is 11.4. The van der Waals surface area contributed by atoms with Gasteiger partial charge in [0.15, 0.2) is 0 Å². The topological polar surface area (TPSA) is 33.5 Å². The predicted octanol–water partition coefficient (Wildman–Crippen LogP) is 16.8. The van der Waals surface area contributed by atoms with Crippen LogP contribution in [0.4, 0.5) is 11.4 Å². The molecule has 7 aromatic carbocycles. The zero-order valence-corrected chi connectivity index (χ0v) is 41.9. The number of benzene rings is 7. The summed E-state index contributed by atoms with van der Waals surface area (Å²) >= 11 is 0. The smallest absolute Gasteiger partial charge is 0.137 e. The van der Waals surface area contributed by atoms with E-state index in [1.807, 2.05) is 6.20 Å². The van der Waals surface area contributed by atoms with Crippen LogP contribution in [0, 0.1) is 5.41 Å². The van der Waals surface area contributed by atoms with E-state index in [0.717, 1.165) is 45.2 Å². The second-order valence-electron chi connectivity index (χ2n) is 21.9. The third-order valence-corrected chi connectivity index (χ3v) is 14.3. The highest BCUT2D eigenvalue weighted by Gasteiger charge is 2.34. The van der Waals surface area contributed by atoms with Gasteiger partial charge in [-0.25, -0.2) is 4.98 Å². The van der Waals surface area contributed by atoms with Crippen LogP contribution < -0.4 is 14.5 Å². The average molecular weight is 905 g/mol. The SMILES string of the molecule is CC(C)(C)C1=CN(c2cccc(C(C)(C)C)c2)CN1c1cc(Oc2cc(C(C)(C)c3ccccc3)c3c4ccccc4n(-c4cc(C(C)(C)c5ccccc5)ccn4)c3c2)cc(-c2ccccc2)c1. The summed E-state index contributed by atoms with van der Waals surface area (Å²) < 4.78 is 9.67. The van der Waals surface area contributed by atoms with Gasteiger partial charge in [-0.3, -0.25) is 4.57 Å². The number of ether oxygens (including phenoxy) is 1. The van der Waals surface area contributed by atoms with Gasteiger partial charge < -0.3 is 14.5 Å².